The Hall–Kier alpha value is -0.510. The fraction of sp³-hybridized carbons (Fsp3) is 0.600. The van der Waals surface area contributed by atoms with E-state index < -0.39 is 0 Å². The van der Waals surface area contributed by atoms with Crippen LogP contribution in [0.25, 0.3) is 0 Å². The smallest absolute Gasteiger partial charge is 0.0410 e. The van der Waals surface area contributed by atoms with E-state index in [9.17, 15) is 0 Å². The van der Waals surface area contributed by atoms with Crippen LogP contribution in [0.15, 0.2) is 29.2 Å². The van der Waals surface area contributed by atoms with E-state index in [1.165, 1.54) is 29.7 Å². The van der Waals surface area contributed by atoms with Crippen molar-refractivity contribution >= 4 is 11.8 Å². The van der Waals surface area contributed by atoms with E-state index in [-0.39, 0.29) is 0 Å². The van der Waals surface area contributed by atoms with Gasteiger partial charge >= 0.3 is 0 Å². The summed E-state index contributed by atoms with van der Waals surface area (Å²) in [5.41, 5.74) is 7.77. The van der Waals surface area contributed by atoms with Crippen molar-refractivity contribution in [2.75, 3.05) is 26.9 Å². The van der Waals surface area contributed by atoms with Crippen LogP contribution in [0.3, 0.4) is 0 Å². The summed E-state index contributed by atoms with van der Waals surface area (Å²) >= 11 is 1.79. The van der Waals surface area contributed by atoms with Crippen LogP contribution < -0.4 is 5.73 Å². The maximum atomic E-state index is 6.07. The van der Waals surface area contributed by atoms with Gasteiger partial charge < -0.3 is 10.6 Å². The largest absolute Gasteiger partial charge is 0.330 e. The van der Waals surface area contributed by atoms with Gasteiger partial charge in [-0.05, 0) is 57.4 Å². The molecule has 2 N–H and O–H groups in total. The van der Waals surface area contributed by atoms with Crippen molar-refractivity contribution in [1.29, 1.82) is 0 Å². The maximum absolute atomic E-state index is 6.07. The first-order valence-corrected chi connectivity index (χ1v) is 7.86. The normalized spacial score (nSPS) is 19.6. The van der Waals surface area contributed by atoms with Crippen molar-refractivity contribution in [2.24, 2.45) is 11.1 Å². The summed E-state index contributed by atoms with van der Waals surface area (Å²) < 4.78 is 0. The van der Waals surface area contributed by atoms with E-state index in [0.29, 0.717) is 11.5 Å². The van der Waals surface area contributed by atoms with Gasteiger partial charge in [0.2, 0.25) is 0 Å². The molecule has 1 unspecified atom stereocenters. The van der Waals surface area contributed by atoms with E-state index >= 15 is 0 Å². The van der Waals surface area contributed by atoms with E-state index in [1.54, 1.807) is 11.8 Å². The lowest BCUT2D eigenvalue weighted by molar-refractivity contribution is 0.0281. The average molecular weight is 264 g/mol. The SMILES string of the molecule is CSc1ccc(C(N(C)C)C2(CN)CCC2)cc1. The molecule has 0 spiro atoms. The van der Waals surface area contributed by atoms with Crippen LogP contribution in [0, 0.1) is 5.41 Å². The zero-order valence-electron chi connectivity index (χ0n) is 11.6. The molecule has 0 heterocycles. The van der Waals surface area contributed by atoms with Crippen molar-refractivity contribution in [3.63, 3.8) is 0 Å². The number of hydrogen-bond donors (Lipinski definition) is 1. The molecule has 1 aliphatic carbocycles. The van der Waals surface area contributed by atoms with Crippen LogP contribution in [0.5, 0.6) is 0 Å². The molecule has 0 aromatic heterocycles. The second kappa shape index (κ2) is 5.64. The Morgan fingerprint density at radius 1 is 1.28 bits per heavy atom. The fourth-order valence-corrected chi connectivity index (χ4v) is 3.61. The van der Waals surface area contributed by atoms with Crippen LogP contribution in [0.4, 0.5) is 0 Å². The first-order chi connectivity index (χ1) is 8.63. The van der Waals surface area contributed by atoms with Crippen LogP contribution in [0.1, 0.15) is 30.9 Å². The Balaban J connectivity index is 2.29. The van der Waals surface area contributed by atoms with Crippen molar-refractivity contribution in [2.45, 2.75) is 30.2 Å². The van der Waals surface area contributed by atoms with Gasteiger partial charge in [0.25, 0.3) is 0 Å². The zero-order chi connectivity index (χ0) is 13.2. The molecule has 18 heavy (non-hydrogen) atoms. The van der Waals surface area contributed by atoms with Gasteiger partial charge in [-0.1, -0.05) is 18.6 Å². The monoisotopic (exact) mass is 264 g/mol. The van der Waals surface area contributed by atoms with Gasteiger partial charge in [-0.15, -0.1) is 11.8 Å². The van der Waals surface area contributed by atoms with E-state index in [2.05, 4.69) is 49.5 Å². The van der Waals surface area contributed by atoms with Crippen LogP contribution >= 0.6 is 11.8 Å². The molecule has 0 amide bonds. The van der Waals surface area contributed by atoms with Crippen molar-refractivity contribution in [3.8, 4) is 0 Å². The summed E-state index contributed by atoms with van der Waals surface area (Å²) in [4.78, 5) is 3.66. The van der Waals surface area contributed by atoms with E-state index in [0.717, 1.165) is 6.54 Å². The molecule has 1 atom stereocenters. The number of benzene rings is 1. The molecule has 2 rings (SSSR count). The molecule has 1 aliphatic rings. The van der Waals surface area contributed by atoms with Gasteiger partial charge in [0.15, 0.2) is 0 Å². The van der Waals surface area contributed by atoms with Gasteiger partial charge in [0, 0.05) is 16.4 Å². The predicted octanol–water partition coefficient (Wildman–Crippen LogP) is 3.14. The minimum absolute atomic E-state index is 0.296. The van der Waals surface area contributed by atoms with Gasteiger partial charge in [-0.2, -0.15) is 0 Å². The summed E-state index contributed by atoms with van der Waals surface area (Å²) in [6.45, 7) is 0.792. The molecule has 100 valence electrons. The highest BCUT2D eigenvalue weighted by atomic mass is 32.2. The minimum atomic E-state index is 0.296. The van der Waals surface area contributed by atoms with E-state index in [1.807, 2.05) is 0 Å². The van der Waals surface area contributed by atoms with Crippen LogP contribution in [-0.4, -0.2) is 31.8 Å². The quantitative estimate of drug-likeness (QED) is 0.829. The Morgan fingerprint density at radius 3 is 2.22 bits per heavy atom. The lowest BCUT2D eigenvalue weighted by atomic mass is 9.62. The van der Waals surface area contributed by atoms with Crippen LogP contribution in [0.2, 0.25) is 0 Å². The average Bonchev–Trinajstić information content (AvgIpc) is 2.33. The maximum Gasteiger partial charge on any atom is 0.0410 e. The Morgan fingerprint density at radius 2 is 1.89 bits per heavy atom. The number of nitrogens with zero attached hydrogens (tertiary/aromatic N) is 1. The van der Waals surface area contributed by atoms with Crippen molar-refractivity contribution in [3.05, 3.63) is 29.8 Å². The van der Waals surface area contributed by atoms with E-state index in [4.69, 9.17) is 5.73 Å². The second-order valence-corrected chi connectivity index (χ2v) is 6.44. The first kappa shape index (κ1) is 13.9. The third kappa shape index (κ3) is 2.44. The molecule has 0 aliphatic heterocycles. The second-order valence-electron chi connectivity index (χ2n) is 5.56. The third-order valence-corrected chi connectivity index (χ3v) is 5.03. The first-order valence-electron chi connectivity index (χ1n) is 6.63. The van der Waals surface area contributed by atoms with Gasteiger partial charge in [-0.25, -0.2) is 0 Å². The highest BCUT2D eigenvalue weighted by Gasteiger charge is 2.44. The van der Waals surface area contributed by atoms with Crippen molar-refractivity contribution < 1.29 is 0 Å². The molecule has 0 bridgehead atoms. The number of rotatable bonds is 5. The number of hydrogen-bond acceptors (Lipinski definition) is 3. The number of nitrogens with two attached hydrogens (primary N) is 1. The Kier molecular flexibility index (Phi) is 4.36. The molecular formula is C15H24N2S. The van der Waals surface area contributed by atoms with Gasteiger partial charge in [0.1, 0.15) is 0 Å². The molecule has 1 aromatic rings. The molecular weight excluding hydrogens is 240 g/mol. The Labute approximate surface area is 115 Å². The molecule has 0 saturated heterocycles. The third-order valence-electron chi connectivity index (χ3n) is 4.28. The van der Waals surface area contributed by atoms with Gasteiger partial charge in [-0.3, -0.25) is 0 Å². The molecule has 1 saturated carbocycles. The Bertz CT molecular complexity index is 376. The number of thioether (sulfide) groups is 1. The summed E-state index contributed by atoms with van der Waals surface area (Å²) in [7, 11) is 4.34. The van der Waals surface area contributed by atoms with Crippen LogP contribution in [-0.2, 0) is 0 Å². The standard InChI is InChI=1S/C15H24N2S/c1-17(2)14(15(11-16)9-4-10-15)12-5-7-13(18-3)8-6-12/h5-8,14H,4,9-11,16H2,1-3H3. The fourth-order valence-electron chi connectivity index (χ4n) is 3.21. The molecule has 1 fully saturated rings. The topological polar surface area (TPSA) is 29.3 Å². The minimum Gasteiger partial charge on any atom is -0.330 e. The molecule has 3 heteroatoms. The lowest BCUT2D eigenvalue weighted by Crippen LogP contribution is -2.47. The summed E-state index contributed by atoms with van der Waals surface area (Å²) in [6, 6.07) is 9.43. The lowest BCUT2D eigenvalue weighted by Gasteiger charge is -2.50. The molecule has 1 aromatic carbocycles. The van der Waals surface area contributed by atoms with Gasteiger partial charge in [0.05, 0.1) is 0 Å². The molecule has 2 nitrogen and oxygen atoms in total. The molecule has 0 radical (unpaired) electrons. The highest BCUT2D eigenvalue weighted by molar-refractivity contribution is 7.98. The highest BCUT2D eigenvalue weighted by Crippen LogP contribution is 2.51. The zero-order valence-corrected chi connectivity index (χ0v) is 12.5. The summed E-state index contributed by atoms with van der Waals surface area (Å²) in [5.74, 6) is 0. The van der Waals surface area contributed by atoms with Crippen molar-refractivity contribution in [1.82, 2.24) is 4.90 Å². The predicted molar refractivity (Wildman–Crippen MR) is 80.0 cm³/mol. The summed E-state index contributed by atoms with van der Waals surface area (Å²) in [5, 5.41) is 0. The summed E-state index contributed by atoms with van der Waals surface area (Å²) in [6.07, 6.45) is 5.96.